The number of hydrogen-bond donors (Lipinski definition) is 2. The van der Waals surface area contributed by atoms with Crippen molar-refractivity contribution in [2.24, 2.45) is 0 Å². The average Bonchev–Trinajstić information content (AvgIpc) is 2.54. The van der Waals surface area contributed by atoms with Gasteiger partial charge in [-0.1, -0.05) is 36.4 Å². The monoisotopic (exact) mass is 273 g/mol. The first-order valence-corrected chi connectivity index (χ1v) is 6.78. The van der Waals surface area contributed by atoms with E-state index in [0.717, 1.165) is 34.3 Å². The van der Waals surface area contributed by atoms with Crippen molar-refractivity contribution in [2.75, 3.05) is 11.1 Å². The molecule has 102 valence electrons. The molecular formula is C18H15N3. The molecule has 0 saturated carbocycles. The van der Waals surface area contributed by atoms with Gasteiger partial charge < -0.3 is 11.1 Å². The lowest BCUT2D eigenvalue weighted by Crippen LogP contribution is -2.00. The highest BCUT2D eigenvalue weighted by atomic mass is 14.9. The lowest BCUT2D eigenvalue weighted by Gasteiger charge is -2.11. The maximum absolute atomic E-state index is 9.18. The number of nitrogens with zero attached hydrogens (tertiary/aromatic N) is 1. The van der Waals surface area contributed by atoms with E-state index in [-0.39, 0.29) is 0 Å². The van der Waals surface area contributed by atoms with Crippen molar-refractivity contribution in [3.8, 4) is 6.07 Å². The smallest absolute Gasteiger partial charge is 0.0998 e. The minimum Gasteiger partial charge on any atom is -0.399 e. The molecule has 0 heterocycles. The van der Waals surface area contributed by atoms with E-state index in [9.17, 15) is 5.26 Å². The maximum Gasteiger partial charge on any atom is 0.0998 e. The number of benzene rings is 3. The lowest BCUT2D eigenvalue weighted by atomic mass is 10.0. The molecule has 3 N–H and O–H groups in total. The van der Waals surface area contributed by atoms with Crippen LogP contribution in [0.1, 0.15) is 11.1 Å². The molecule has 21 heavy (non-hydrogen) atoms. The van der Waals surface area contributed by atoms with Gasteiger partial charge >= 0.3 is 0 Å². The molecule has 0 bridgehead atoms. The van der Waals surface area contributed by atoms with Crippen LogP contribution in [0.4, 0.5) is 11.4 Å². The molecule has 0 aliphatic carbocycles. The minimum atomic E-state index is 0.698. The van der Waals surface area contributed by atoms with Crippen LogP contribution in [0.15, 0.2) is 60.7 Å². The van der Waals surface area contributed by atoms with Gasteiger partial charge in [0.15, 0.2) is 0 Å². The van der Waals surface area contributed by atoms with Crippen molar-refractivity contribution >= 4 is 22.1 Å². The van der Waals surface area contributed by atoms with Gasteiger partial charge in [0.25, 0.3) is 0 Å². The molecule has 0 amide bonds. The van der Waals surface area contributed by atoms with Crippen LogP contribution in [0.25, 0.3) is 10.8 Å². The Bertz CT molecular complexity index is 814. The molecule has 0 fully saturated rings. The van der Waals surface area contributed by atoms with Crippen molar-refractivity contribution in [3.05, 3.63) is 71.8 Å². The molecule has 3 nitrogen and oxygen atoms in total. The quantitative estimate of drug-likeness (QED) is 0.711. The predicted molar refractivity (Wildman–Crippen MR) is 86.8 cm³/mol. The van der Waals surface area contributed by atoms with Gasteiger partial charge in [-0.2, -0.15) is 5.26 Å². The van der Waals surface area contributed by atoms with E-state index in [1.54, 1.807) is 0 Å². The van der Waals surface area contributed by atoms with Crippen LogP contribution in [0.2, 0.25) is 0 Å². The molecule has 3 rings (SSSR count). The highest BCUT2D eigenvalue weighted by molar-refractivity contribution is 5.97. The summed E-state index contributed by atoms with van der Waals surface area (Å²) >= 11 is 0. The SMILES string of the molecule is N#Cc1ccc(NCc2ccc(N)cc2)c2ccccc12. The van der Waals surface area contributed by atoms with Crippen LogP contribution in [0.3, 0.4) is 0 Å². The fourth-order valence-corrected chi connectivity index (χ4v) is 2.38. The van der Waals surface area contributed by atoms with E-state index < -0.39 is 0 Å². The second-order valence-electron chi connectivity index (χ2n) is 4.91. The summed E-state index contributed by atoms with van der Waals surface area (Å²) in [6.07, 6.45) is 0. The highest BCUT2D eigenvalue weighted by Crippen LogP contribution is 2.26. The van der Waals surface area contributed by atoms with Crippen LogP contribution < -0.4 is 11.1 Å². The number of nitrogens with one attached hydrogen (secondary N) is 1. The van der Waals surface area contributed by atoms with Crippen molar-refractivity contribution in [3.63, 3.8) is 0 Å². The average molecular weight is 273 g/mol. The van der Waals surface area contributed by atoms with Crippen molar-refractivity contribution < 1.29 is 0 Å². The van der Waals surface area contributed by atoms with Crippen molar-refractivity contribution in [1.29, 1.82) is 5.26 Å². The van der Waals surface area contributed by atoms with Crippen LogP contribution >= 0.6 is 0 Å². The normalized spacial score (nSPS) is 10.2. The zero-order valence-electron chi connectivity index (χ0n) is 11.5. The molecular weight excluding hydrogens is 258 g/mol. The molecule has 0 unspecified atom stereocenters. The molecule has 0 aliphatic heterocycles. The maximum atomic E-state index is 9.18. The van der Waals surface area contributed by atoms with Crippen LogP contribution in [-0.2, 0) is 6.54 Å². The number of nitriles is 1. The Balaban J connectivity index is 1.91. The van der Waals surface area contributed by atoms with E-state index >= 15 is 0 Å². The first kappa shape index (κ1) is 13.0. The molecule has 3 heteroatoms. The minimum absolute atomic E-state index is 0.698. The van der Waals surface area contributed by atoms with E-state index in [1.165, 1.54) is 0 Å². The molecule has 0 radical (unpaired) electrons. The van der Waals surface area contributed by atoms with Crippen molar-refractivity contribution in [2.45, 2.75) is 6.54 Å². The third kappa shape index (κ3) is 2.65. The largest absolute Gasteiger partial charge is 0.399 e. The summed E-state index contributed by atoms with van der Waals surface area (Å²) in [5.74, 6) is 0. The Morgan fingerprint density at radius 2 is 1.62 bits per heavy atom. The van der Waals surface area contributed by atoms with Gasteiger partial charge in [0.1, 0.15) is 0 Å². The Labute approximate surface area is 123 Å². The summed E-state index contributed by atoms with van der Waals surface area (Å²) < 4.78 is 0. The second kappa shape index (κ2) is 5.56. The van der Waals surface area contributed by atoms with Gasteiger partial charge in [-0.15, -0.1) is 0 Å². The van der Waals surface area contributed by atoms with Crippen LogP contribution in [0, 0.1) is 11.3 Å². The summed E-state index contributed by atoms with van der Waals surface area (Å²) in [4.78, 5) is 0. The number of nitrogen functional groups attached to an aromatic ring is 1. The molecule has 0 spiro atoms. The van der Waals surface area contributed by atoms with Gasteiger partial charge in [-0.3, -0.25) is 0 Å². The molecule has 3 aromatic rings. The van der Waals surface area contributed by atoms with Gasteiger partial charge in [0.2, 0.25) is 0 Å². The number of nitrogens with two attached hydrogens (primary N) is 1. The molecule has 0 aromatic heterocycles. The van der Waals surface area contributed by atoms with E-state index in [4.69, 9.17) is 5.73 Å². The van der Waals surface area contributed by atoms with E-state index in [0.29, 0.717) is 5.56 Å². The van der Waals surface area contributed by atoms with E-state index in [1.807, 2.05) is 60.7 Å². The number of anilines is 2. The number of rotatable bonds is 3. The topological polar surface area (TPSA) is 61.8 Å². The third-order valence-corrected chi connectivity index (χ3v) is 3.51. The fourth-order valence-electron chi connectivity index (χ4n) is 2.38. The Morgan fingerprint density at radius 3 is 2.33 bits per heavy atom. The standard InChI is InChI=1S/C18H15N3/c19-11-14-7-10-18(17-4-2-1-3-16(14)17)21-12-13-5-8-15(20)9-6-13/h1-10,21H,12,20H2. The summed E-state index contributed by atoms with van der Waals surface area (Å²) in [7, 11) is 0. The van der Waals surface area contributed by atoms with Crippen LogP contribution in [0.5, 0.6) is 0 Å². The zero-order chi connectivity index (χ0) is 14.7. The Morgan fingerprint density at radius 1 is 0.905 bits per heavy atom. The Hall–Kier alpha value is -2.99. The van der Waals surface area contributed by atoms with Gasteiger partial charge in [-0.25, -0.2) is 0 Å². The zero-order valence-corrected chi connectivity index (χ0v) is 11.5. The van der Waals surface area contributed by atoms with Crippen LogP contribution in [-0.4, -0.2) is 0 Å². The van der Waals surface area contributed by atoms with E-state index in [2.05, 4.69) is 11.4 Å². The first-order valence-electron chi connectivity index (χ1n) is 6.78. The fraction of sp³-hybridized carbons (Fsp3) is 0.0556. The lowest BCUT2D eigenvalue weighted by molar-refractivity contribution is 1.16. The number of hydrogen-bond acceptors (Lipinski definition) is 3. The second-order valence-corrected chi connectivity index (χ2v) is 4.91. The van der Waals surface area contributed by atoms with Gasteiger partial charge in [0, 0.05) is 28.7 Å². The molecule has 0 aliphatic rings. The third-order valence-electron chi connectivity index (χ3n) is 3.51. The van der Waals surface area contributed by atoms with Gasteiger partial charge in [0.05, 0.1) is 11.6 Å². The van der Waals surface area contributed by atoms with Gasteiger partial charge in [-0.05, 0) is 29.8 Å². The molecule has 3 aromatic carbocycles. The Kier molecular flexibility index (Phi) is 3.44. The highest BCUT2D eigenvalue weighted by Gasteiger charge is 2.05. The summed E-state index contributed by atoms with van der Waals surface area (Å²) in [6, 6.07) is 21.8. The summed E-state index contributed by atoms with van der Waals surface area (Å²) in [6.45, 7) is 0.718. The predicted octanol–water partition coefficient (Wildman–Crippen LogP) is 3.91. The first-order chi connectivity index (χ1) is 10.3. The van der Waals surface area contributed by atoms with Crippen molar-refractivity contribution in [1.82, 2.24) is 0 Å². The summed E-state index contributed by atoms with van der Waals surface area (Å²) in [5, 5.41) is 14.6. The number of fused-ring (bicyclic) bond motifs is 1. The molecule has 0 atom stereocenters. The molecule has 0 saturated heterocycles. The summed E-state index contributed by atoms with van der Waals surface area (Å²) in [5.41, 5.74) is 9.35.